The monoisotopic (exact) mass is 258 g/mol. The first-order chi connectivity index (χ1) is 9.17. The minimum Gasteiger partial charge on any atom is -0.312 e. The Morgan fingerprint density at radius 1 is 1.32 bits per heavy atom. The molecule has 0 amide bonds. The molecule has 1 saturated carbocycles. The van der Waals surface area contributed by atoms with Crippen LogP contribution in [-0.4, -0.2) is 31.1 Å². The van der Waals surface area contributed by atoms with E-state index in [1.54, 1.807) is 0 Å². The van der Waals surface area contributed by atoms with Crippen LogP contribution in [0.25, 0.3) is 0 Å². The highest BCUT2D eigenvalue weighted by molar-refractivity contribution is 5.33. The Morgan fingerprint density at radius 2 is 2.16 bits per heavy atom. The molecule has 1 aromatic rings. The highest BCUT2D eigenvalue weighted by Crippen LogP contribution is 2.38. The van der Waals surface area contributed by atoms with Crippen LogP contribution in [-0.2, 0) is 0 Å². The Balaban J connectivity index is 1.75. The first-order valence-corrected chi connectivity index (χ1v) is 7.66. The molecule has 2 aliphatic rings. The summed E-state index contributed by atoms with van der Waals surface area (Å²) in [6.07, 6.45) is 4.34. The molecule has 19 heavy (non-hydrogen) atoms. The van der Waals surface area contributed by atoms with Crippen LogP contribution in [0.3, 0.4) is 0 Å². The van der Waals surface area contributed by atoms with Crippen LogP contribution >= 0.6 is 0 Å². The second-order valence-corrected chi connectivity index (χ2v) is 6.49. The molecule has 2 fully saturated rings. The third kappa shape index (κ3) is 2.56. The van der Waals surface area contributed by atoms with E-state index in [0.717, 1.165) is 12.0 Å². The molecule has 1 heterocycles. The van der Waals surface area contributed by atoms with Gasteiger partial charge in [-0.1, -0.05) is 23.8 Å². The van der Waals surface area contributed by atoms with Crippen LogP contribution in [0.1, 0.15) is 42.0 Å². The number of rotatable bonds is 4. The maximum atomic E-state index is 3.53. The molecule has 2 nitrogen and oxygen atoms in total. The van der Waals surface area contributed by atoms with Gasteiger partial charge in [0.05, 0.1) is 0 Å². The largest absolute Gasteiger partial charge is 0.312 e. The van der Waals surface area contributed by atoms with E-state index in [9.17, 15) is 0 Å². The number of likely N-dealkylation sites (N-methyl/N-ethyl adjacent to an activating group) is 1. The van der Waals surface area contributed by atoms with Crippen molar-refractivity contribution >= 4 is 0 Å². The lowest BCUT2D eigenvalue weighted by Gasteiger charge is -2.31. The molecule has 0 radical (unpaired) electrons. The van der Waals surface area contributed by atoms with Crippen LogP contribution in [0.4, 0.5) is 0 Å². The van der Waals surface area contributed by atoms with E-state index in [1.807, 2.05) is 0 Å². The fourth-order valence-corrected chi connectivity index (χ4v) is 3.97. The lowest BCUT2D eigenvalue weighted by molar-refractivity contribution is 0.194. The first-order valence-electron chi connectivity index (χ1n) is 7.66. The molecule has 1 aliphatic heterocycles. The lowest BCUT2D eigenvalue weighted by atomic mass is 9.98. The van der Waals surface area contributed by atoms with Crippen molar-refractivity contribution in [1.82, 2.24) is 10.2 Å². The number of nitrogens with zero attached hydrogens (tertiary/aromatic N) is 1. The predicted octanol–water partition coefficient (Wildman–Crippen LogP) is 3.05. The Bertz CT molecular complexity index is 455. The van der Waals surface area contributed by atoms with Gasteiger partial charge in [0.2, 0.25) is 0 Å². The van der Waals surface area contributed by atoms with Gasteiger partial charge in [-0.05, 0) is 57.2 Å². The van der Waals surface area contributed by atoms with Gasteiger partial charge in [-0.3, -0.25) is 4.90 Å². The van der Waals surface area contributed by atoms with Crippen molar-refractivity contribution in [2.24, 2.45) is 5.92 Å². The summed E-state index contributed by atoms with van der Waals surface area (Å²) in [7, 11) is 2.10. The molecule has 3 atom stereocenters. The summed E-state index contributed by atoms with van der Waals surface area (Å²) in [5, 5.41) is 3.53. The number of fused-ring (bicyclic) bond motifs is 2. The van der Waals surface area contributed by atoms with Gasteiger partial charge in [-0.15, -0.1) is 0 Å². The smallest absolute Gasteiger partial charge is 0.0449 e. The topological polar surface area (TPSA) is 15.3 Å². The van der Waals surface area contributed by atoms with Gasteiger partial charge in [0.15, 0.2) is 0 Å². The molecule has 0 aromatic heterocycles. The maximum absolute atomic E-state index is 3.53. The number of nitrogens with one attached hydrogen (secondary N) is 1. The third-order valence-electron chi connectivity index (χ3n) is 5.10. The molecular formula is C17H26N2. The van der Waals surface area contributed by atoms with Crippen molar-refractivity contribution in [3.63, 3.8) is 0 Å². The number of benzene rings is 1. The van der Waals surface area contributed by atoms with E-state index in [0.29, 0.717) is 6.04 Å². The molecule has 3 rings (SSSR count). The van der Waals surface area contributed by atoms with Gasteiger partial charge in [-0.2, -0.15) is 0 Å². The number of piperidine rings is 1. The number of aryl methyl sites for hydroxylation is 2. The predicted molar refractivity (Wildman–Crippen MR) is 80.4 cm³/mol. The molecule has 2 heteroatoms. The summed E-state index contributed by atoms with van der Waals surface area (Å²) in [4.78, 5) is 2.72. The zero-order chi connectivity index (χ0) is 13.4. The molecule has 1 aliphatic carbocycles. The Kier molecular flexibility index (Phi) is 3.64. The zero-order valence-corrected chi connectivity index (χ0v) is 12.4. The van der Waals surface area contributed by atoms with Crippen LogP contribution < -0.4 is 5.32 Å². The molecule has 3 unspecified atom stereocenters. The normalized spacial score (nSPS) is 27.9. The molecular weight excluding hydrogens is 232 g/mol. The van der Waals surface area contributed by atoms with Gasteiger partial charge in [0.25, 0.3) is 0 Å². The fourth-order valence-electron chi connectivity index (χ4n) is 3.97. The minimum atomic E-state index is 0.472. The molecule has 1 N–H and O–H groups in total. The SMILES string of the molecule is CNC(CN1CC2CCC1C2)c1cc(C)ccc1C. The molecule has 1 aromatic carbocycles. The standard InChI is InChI=1S/C17H26N2/c1-12-4-5-13(2)16(8-12)17(18-3)11-19-10-14-6-7-15(19)9-14/h4-5,8,14-15,17-18H,6-7,9-11H2,1-3H3. The van der Waals surface area contributed by atoms with Gasteiger partial charge < -0.3 is 5.32 Å². The Hall–Kier alpha value is -0.860. The van der Waals surface area contributed by atoms with Crippen LogP contribution in [0.2, 0.25) is 0 Å². The fraction of sp³-hybridized carbons (Fsp3) is 0.647. The number of hydrogen-bond donors (Lipinski definition) is 1. The van der Waals surface area contributed by atoms with E-state index in [4.69, 9.17) is 0 Å². The van der Waals surface area contributed by atoms with Crippen molar-refractivity contribution in [3.8, 4) is 0 Å². The third-order valence-corrected chi connectivity index (χ3v) is 5.10. The second-order valence-electron chi connectivity index (χ2n) is 6.49. The highest BCUT2D eigenvalue weighted by atomic mass is 15.2. The van der Waals surface area contributed by atoms with Gasteiger partial charge >= 0.3 is 0 Å². The summed E-state index contributed by atoms with van der Waals surface area (Å²) in [5.74, 6) is 0.987. The van der Waals surface area contributed by atoms with Crippen LogP contribution in [0.5, 0.6) is 0 Å². The van der Waals surface area contributed by atoms with Crippen molar-refractivity contribution in [2.75, 3.05) is 20.1 Å². The van der Waals surface area contributed by atoms with Gasteiger partial charge in [-0.25, -0.2) is 0 Å². The Morgan fingerprint density at radius 3 is 2.79 bits per heavy atom. The number of hydrogen-bond acceptors (Lipinski definition) is 2. The molecule has 1 saturated heterocycles. The molecule has 0 spiro atoms. The summed E-state index contributed by atoms with van der Waals surface area (Å²) >= 11 is 0. The van der Waals surface area contributed by atoms with Gasteiger partial charge in [0.1, 0.15) is 0 Å². The van der Waals surface area contributed by atoms with Crippen molar-refractivity contribution in [3.05, 3.63) is 34.9 Å². The van der Waals surface area contributed by atoms with Crippen molar-refractivity contribution in [2.45, 2.75) is 45.2 Å². The lowest BCUT2D eigenvalue weighted by Crippen LogP contribution is -2.39. The van der Waals surface area contributed by atoms with E-state index < -0.39 is 0 Å². The average Bonchev–Trinajstić information content (AvgIpc) is 3.01. The van der Waals surface area contributed by atoms with Crippen molar-refractivity contribution < 1.29 is 0 Å². The first kappa shape index (κ1) is 13.1. The molecule has 104 valence electrons. The van der Waals surface area contributed by atoms with E-state index in [-0.39, 0.29) is 0 Å². The van der Waals surface area contributed by atoms with E-state index in [1.165, 1.54) is 49.0 Å². The summed E-state index contributed by atoms with van der Waals surface area (Å²) in [6, 6.07) is 8.16. The Labute approximate surface area is 117 Å². The molecule has 2 bridgehead atoms. The van der Waals surface area contributed by atoms with Crippen LogP contribution in [0.15, 0.2) is 18.2 Å². The van der Waals surface area contributed by atoms with Crippen molar-refractivity contribution in [1.29, 1.82) is 0 Å². The van der Waals surface area contributed by atoms with E-state index in [2.05, 4.69) is 49.3 Å². The summed E-state index contributed by atoms with van der Waals surface area (Å²) < 4.78 is 0. The maximum Gasteiger partial charge on any atom is 0.0449 e. The quantitative estimate of drug-likeness (QED) is 0.893. The highest BCUT2D eigenvalue weighted by Gasteiger charge is 2.38. The average molecular weight is 258 g/mol. The van der Waals surface area contributed by atoms with E-state index >= 15 is 0 Å². The van der Waals surface area contributed by atoms with Crippen LogP contribution in [0, 0.1) is 19.8 Å². The minimum absolute atomic E-state index is 0.472. The number of likely N-dealkylation sites (tertiary alicyclic amines) is 1. The summed E-state index contributed by atoms with van der Waals surface area (Å²) in [5.41, 5.74) is 4.25. The summed E-state index contributed by atoms with van der Waals surface area (Å²) in [6.45, 7) is 6.92. The van der Waals surface area contributed by atoms with Gasteiger partial charge in [0, 0.05) is 25.2 Å². The zero-order valence-electron chi connectivity index (χ0n) is 12.4. The second kappa shape index (κ2) is 5.26.